The Bertz CT molecular complexity index is 732. The Balaban J connectivity index is 1.95. The van der Waals surface area contributed by atoms with Crippen molar-refractivity contribution in [2.24, 2.45) is 5.73 Å². The highest BCUT2D eigenvalue weighted by atomic mass is 16.1. The lowest BCUT2D eigenvalue weighted by molar-refractivity contribution is 0.0999. The molecular formula is C16H20N6O. The molecule has 1 atom stereocenters. The average molecular weight is 312 g/mol. The smallest absolute Gasteiger partial charge is 0.252 e. The number of aryl methyl sites for hydroxylation is 2. The monoisotopic (exact) mass is 312 g/mol. The van der Waals surface area contributed by atoms with Crippen LogP contribution in [-0.4, -0.2) is 32.4 Å². The van der Waals surface area contributed by atoms with Crippen molar-refractivity contribution in [1.29, 1.82) is 0 Å². The van der Waals surface area contributed by atoms with Crippen LogP contribution >= 0.6 is 0 Å². The van der Waals surface area contributed by atoms with E-state index in [1.165, 1.54) is 6.20 Å². The minimum absolute atomic E-state index is 0.0543. The van der Waals surface area contributed by atoms with E-state index >= 15 is 0 Å². The number of nitrogens with zero attached hydrogens (tertiary/aromatic N) is 5. The molecule has 0 spiro atoms. The van der Waals surface area contributed by atoms with Crippen LogP contribution in [0.15, 0.2) is 18.6 Å². The summed E-state index contributed by atoms with van der Waals surface area (Å²) in [6.07, 6.45) is 6.29. The molecule has 7 nitrogen and oxygen atoms in total. The number of hydrogen-bond donors (Lipinski definition) is 1. The van der Waals surface area contributed by atoms with Gasteiger partial charge in [0.25, 0.3) is 5.91 Å². The Morgan fingerprint density at radius 2 is 2.09 bits per heavy atom. The summed E-state index contributed by atoms with van der Waals surface area (Å²) < 4.78 is 0. The molecule has 0 aromatic carbocycles. The number of piperidine rings is 1. The lowest BCUT2D eigenvalue weighted by atomic mass is 10.0. The second kappa shape index (κ2) is 6.28. The predicted molar refractivity (Wildman–Crippen MR) is 86.0 cm³/mol. The fraction of sp³-hybridized carbons (Fsp3) is 0.438. The lowest BCUT2D eigenvalue weighted by Gasteiger charge is -2.35. The third-order valence-corrected chi connectivity index (χ3v) is 4.15. The normalized spacial score (nSPS) is 18.0. The number of primary amides is 1. The molecule has 0 saturated carbocycles. The number of nitrogens with two attached hydrogens (primary N) is 1. The van der Waals surface area contributed by atoms with Crippen molar-refractivity contribution in [3.8, 4) is 0 Å². The van der Waals surface area contributed by atoms with Gasteiger partial charge in [0.1, 0.15) is 12.1 Å². The van der Waals surface area contributed by atoms with E-state index in [0.29, 0.717) is 17.1 Å². The fourth-order valence-electron chi connectivity index (χ4n) is 2.96. The highest BCUT2D eigenvalue weighted by molar-refractivity contribution is 5.93. The Morgan fingerprint density at radius 1 is 1.26 bits per heavy atom. The van der Waals surface area contributed by atoms with Crippen molar-refractivity contribution in [2.75, 3.05) is 11.4 Å². The van der Waals surface area contributed by atoms with Crippen LogP contribution in [0.4, 0.5) is 5.82 Å². The average Bonchev–Trinajstić information content (AvgIpc) is 2.54. The first kappa shape index (κ1) is 15.3. The van der Waals surface area contributed by atoms with E-state index in [4.69, 9.17) is 5.73 Å². The van der Waals surface area contributed by atoms with Crippen LogP contribution in [0.1, 0.15) is 52.9 Å². The highest BCUT2D eigenvalue weighted by Gasteiger charge is 2.28. The largest absolute Gasteiger partial charge is 0.365 e. The minimum Gasteiger partial charge on any atom is -0.365 e. The molecule has 1 unspecified atom stereocenters. The number of amides is 1. The van der Waals surface area contributed by atoms with E-state index in [1.54, 1.807) is 13.3 Å². The van der Waals surface area contributed by atoms with Crippen molar-refractivity contribution >= 4 is 11.7 Å². The second-order valence-corrected chi connectivity index (χ2v) is 5.81. The molecule has 3 rings (SSSR count). The van der Waals surface area contributed by atoms with E-state index in [-0.39, 0.29) is 6.04 Å². The maximum Gasteiger partial charge on any atom is 0.252 e. The molecule has 0 aliphatic carbocycles. The van der Waals surface area contributed by atoms with Crippen LogP contribution in [-0.2, 0) is 0 Å². The van der Waals surface area contributed by atoms with Crippen molar-refractivity contribution < 1.29 is 4.79 Å². The maximum atomic E-state index is 11.3. The van der Waals surface area contributed by atoms with E-state index in [1.807, 2.05) is 13.0 Å². The Labute approximate surface area is 135 Å². The first-order valence-electron chi connectivity index (χ1n) is 7.75. The third-order valence-electron chi connectivity index (χ3n) is 4.15. The molecule has 2 aromatic rings. The van der Waals surface area contributed by atoms with Gasteiger partial charge in [-0.3, -0.25) is 4.79 Å². The van der Waals surface area contributed by atoms with Gasteiger partial charge >= 0.3 is 0 Å². The number of carbonyl (C=O) groups excluding carboxylic acids is 1. The number of aromatic nitrogens is 4. The van der Waals surface area contributed by atoms with Crippen LogP contribution in [0, 0.1) is 13.8 Å². The zero-order valence-electron chi connectivity index (χ0n) is 13.4. The van der Waals surface area contributed by atoms with Crippen LogP contribution in [0.2, 0.25) is 0 Å². The van der Waals surface area contributed by atoms with Gasteiger partial charge < -0.3 is 10.6 Å². The lowest BCUT2D eigenvalue weighted by Crippen LogP contribution is -2.35. The molecule has 0 bridgehead atoms. The van der Waals surface area contributed by atoms with E-state index in [2.05, 4.69) is 24.8 Å². The van der Waals surface area contributed by atoms with Gasteiger partial charge in [0.05, 0.1) is 17.3 Å². The number of hydrogen-bond acceptors (Lipinski definition) is 6. The Morgan fingerprint density at radius 3 is 2.78 bits per heavy atom. The molecule has 1 saturated heterocycles. The van der Waals surface area contributed by atoms with Gasteiger partial charge in [0, 0.05) is 24.5 Å². The van der Waals surface area contributed by atoms with Gasteiger partial charge in [0.15, 0.2) is 5.82 Å². The van der Waals surface area contributed by atoms with Crippen molar-refractivity contribution in [3.05, 3.63) is 41.4 Å². The molecule has 2 N–H and O–H groups in total. The van der Waals surface area contributed by atoms with Gasteiger partial charge in [0.2, 0.25) is 0 Å². The molecule has 1 fully saturated rings. The summed E-state index contributed by atoms with van der Waals surface area (Å²) in [5.74, 6) is 1.10. The highest BCUT2D eigenvalue weighted by Crippen LogP contribution is 2.32. The summed E-state index contributed by atoms with van der Waals surface area (Å²) in [5.41, 5.74) is 7.25. The van der Waals surface area contributed by atoms with Crippen molar-refractivity contribution in [3.63, 3.8) is 0 Å². The zero-order chi connectivity index (χ0) is 16.4. The van der Waals surface area contributed by atoms with Gasteiger partial charge in [-0.25, -0.2) is 19.9 Å². The molecule has 120 valence electrons. The molecule has 2 aromatic heterocycles. The molecule has 1 aliphatic rings. The van der Waals surface area contributed by atoms with Gasteiger partial charge in [-0.1, -0.05) is 0 Å². The van der Waals surface area contributed by atoms with Crippen molar-refractivity contribution in [1.82, 2.24) is 19.9 Å². The topological polar surface area (TPSA) is 97.9 Å². The van der Waals surface area contributed by atoms with Gasteiger partial charge in [-0.05, 0) is 33.1 Å². The first-order valence-corrected chi connectivity index (χ1v) is 7.75. The molecule has 23 heavy (non-hydrogen) atoms. The van der Waals surface area contributed by atoms with E-state index < -0.39 is 5.91 Å². The second-order valence-electron chi connectivity index (χ2n) is 5.81. The van der Waals surface area contributed by atoms with Crippen LogP contribution in [0.3, 0.4) is 0 Å². The standard InChI is InChI=1S/C16H20N6O/c1-10-7-14(20-9-19-10)22-6-4-3-5-13(22)16-18-8-12(15(17)23)11(2)21-16/h7-9,13H,3-6H2,1-2H3,(H2,17,23). The molecular weight excluding hydrogens is 292 g/mol. The zero-order valence-corrected chi connectivity index (χ0v) is 13.4. The van der Waals surface area contributed by atoms with Gasteiger partial charge in [-0.15, -0.1) is 0 Å². The van der Waals surface area contributed by atoms with Crippen LogP contribution in [0.5, 0.6) is 0 Å². The van der Waals surface area contributed by atoms with E-state index in [0.717, 1.165) is 37.3 Å². The minimum atomic E-state index is -0.499. The van der Waals surface area contributed by atoms with Crippen LogP contribution in [0.25, 0.3) is 0 Å². The predicted octanol–water partition coefficient (Wildman–Crippen LogP) is 1.71. The van der Waals surface area contributed by atoms with E-state index in [9.17, 15) is 4.79 Å². The molecule has 0 radical (unpaired) electrons. The van der Waals surface area contributed by atoms with Crippen LogP contribution < -0.4 is 10.6 Å². The quantitative estimate of drug-likeness (QED) is 0.926. The maximum absolute atomic E-state index is 11.3. The first-order chi connectivity index (χ1) is 11.1. The third kappa shape index (κ3) is 3.13. The molecule has 1 aliphatic heterocycles. The SMILES string of the molecule is Cc1cc(N2CCCCC2c2ncc(C(N)=O)c(C)n2)ncn1. The summed E-state index contributed by atoms with van der Waals surface area (Å²) in [6, 6.07) is 2.03. The Hall–Kier alpha value is -2.57. The fourth-order valence-corrected chi connectivity index (χ4v) is 2.96. The van der Waals surface area contributed by atoms with Gasteiger partial charge in [-0.2, -0.15) is 0 Å². The van der Waals surface area contributed by atoms with Crippen molar-refractivity contribution in [2.45, 2.75) is 39.2 Å². The summed E-state index contributed by atoms with van der Waals surface area (Å²) in [5, 5.41) is 0. The Kier molecular flexibility index (Phi) is 4.18. The summed E-state index contributed by atoms with van der Waals surface area (Å²) >= 11 is 0. The number of carbonyl (C=O) groups is 1. The molecule has 3 heterocycles. The summed E-state index contributed by atoms with van der Waals surface area (Å²) in [6.45, 7) is 4.64. The summed E-state index contributed by atoms with van der Waals surface area (Å²) in [4.78, 5) is 31.0. The number of anilines is 1. The number of rotatable bonds is 3. The summed E-state index contributed by atoms with van der Waals surface area (Å²) in [7, 11) is 0. The molecule has 1 amide bonds. The molecule has 7 heteroatoms.